The van der Waals surface area contributed by atoms with Crippen molar-refractivity contribution in [3.63, 3.8) is 0 Å². The molecule has 0 N–H and O–H groups in total. The summed E-state index contributed by atoms with van der Waals surface area (Å²) in [6.07, 6.45) is 7.09. The SMILES string of the molecule is CCCCCCCI.c1ccsc1. The molecule has 0 spiro atoms. The van der Waals surface area contributed by atoms with Gasteiger partial charge >= 0.3 is 0 Å². The van der Waals surface area contributed by atoms with E-state index in [2.05, 4.69) is 29.5 Å². The maximum absolute atomic E-state index is 2.44. The molecule has 0 radical (unpaired) electrons. The minimum atomic E-state index is 1.33. The van der Waals surface area contributed by atoms with Crippen LogP contribution in [0, 0.1) is 0 Å². The predicted molar refractivity (Wildman–Crippen MR) is 72.0 cm³/mol. The molecule has 0 saturated heterocycles. The Hall–Kier alpha value is 0.430. The van der Waals surface area contributed by atoms with Gasteiger partial charge in [-0.2, -0.15) is 11.3 Å². The van der Waals surface area contributed by atoms with Gasteiger partial charge in [-0.05, 0) is 21.6 Å². The van der Waals surface area contributed by atoms with E-state index in [0.717, 1.165) is 0 Å². The van der Waals surface area contributed by atoms with Crippen molar-refractivity contribution in [2.75, 3.05) is 4.43 Å². The highest BCUT2D eigenvalue weighted by atomic mass is 127. The first-order valence-electron chi connectivity index (χ1n) is 4.95. The van der Waals surface area contributed by atoms with Crippen molar-refractivity contribution in [2.45, 2.75) is 39.0 Å². The van der Waals surface area contributed by atoms with E-state index in [4.69, 9.17) is 0 Å². The average molecular weight is 310 g/mol. The number of thiophene rings is 1. The summed E-state index contributed by atoms with van der Waals surface area (Å²) in [5.41, 5.74) is 0. The third-order valence-corrected chi connectivity index (χ3v) is 3.05. The number of halogens is 1. The predicted octanol–water partition coefficient (Wildman–Crippen LogP) is 5.14. The van der Waals surface area contributed by atoms with Crippen LogP contribution >= 0.6 is 33.9 Å². The van der Waals surface area contributed by atoms with Crippen LogP contribution in [0.25, 0.3) is 0 Å². The summed E-state index contributed by atoms with van der Waals surface area (Å²) in [4.78, 5) is 0. The maximum atomic E-state index is 2.44. The third kappa shape index (κ3) is 12.4. The van der Waals surface area contributed by atoms with Gasteiger partial charge in [0.05, 0.1) is 0 Å². The van der Waals surface area contributed by atoms with Crippen molar-refractivity contribution >= 4 is 33.9 Å². The topological polar surface area (TPSA) is 0 Å². The zero-order chi connectivity index (χ0) is 9.78. The van der Waals surface area contributed by atoms with Gasteiger partial charge in [0.25, 0.3) is 0 Å². The van der Waals surface area contributed by atoms with Crippen LogP contribution in [0.2, 0.25) is 0 Å². The molecule has 76 valence electrons. The zero-order valence-corrected chi connectivity index (χ0v) is 11.3. The van der Waals surface area contributed by atoms with Crippen molar-refractivity contribution in [3.8, 4) is 0 Å². The standard InChI is InChI=1S/C7H15I.C4H4S/c1-2-3-4-5-6-7-8;1-2-4-5-3-1/h2-7H2,1H3;1-4H. The molecule has 0 aliphatic carbocycles. The number of alkyl halides is 1. The van der Waals surface area contributed by atoms with Gasteiger partial charge in [-0.25, -0.2) is 0 Å². The first kappa shape index (κ1) is 13.4. The summed E-state index contributed by atoms with van der Waals surface area (Å²) in [6, 6.07) is 4.04. The van der Waals surface area contributed by atoms with Crippen molar-refractivity contribution < 1.29 is 0 Å². The lowest BCUT2D eigenvalue weighted by atomic mass is 10.2. The van der Waals surface area contributed by atoms with Crippen LogP contribution in [-0.2, 0) is 0 Å². The highest BCUT2D eigenvalue weighted by molar-refractivity contribution is 14.1. The molecule has 13 heavy (non-hydrogen) atoms. The first-order valence-corrected chi connectivity index (χ1v) is 7.41. The number of hydrogen-bond donors (Lipinski definition) is 0. The molecule has 1 rings (SSSR count). The van der Waals surface area contributed by atoms with Crippen LogP contribution in [0.3, 0.4) is 0 Å². The highest BCUT2D eigenvalue weighted by Crippen LogP contribution is 2.03. The summed E-state index contributed by atoms with van der Waals surface area (Å²) >= 11 is 4.15. The van der Waals surface area contributed by atoms with Crippen LogP contribution in [0.5, 0.6) is 0 Å². The van der Waals surface area contributed by atoms with Crippen molar-refractivity contribution in [2.24, 2.45) is 0 Å². The molecule has 0 aliphatic rings. The largest absolute Gasteiger partial charge is 0.152 e. The Labute approximate surface area is 99.9 Å². The van der Waals surface area contributed by atoms with Crippen LogP contribution in [0.4, 0.5) is 0 Å². The minimum absolute atomic E-state index is 1.33. The molecule has 1 heterocycles. The fourth-order valence-corrected chi connectivity index (χ4v) is 1.92. The Balaban J connectivity index is 0.000000243. The van der Waals surface area contributed by atoms with Crippen LogP contribution < -0.4 is 0 Å². The van der Waals surface area contributed by atoms with E-state index < -0.39 is 0 Å². The fourth-order valence-electron chi connectivity index (χ4n) is 0.925. The van der Waals surface area contributed by atoms with Gasteiger partial charge in [-0.15, -0.1) is 0 Å². The number of rotatable bonds is 5. The van der Waals surface area contributed by atoms with Gasteiger partial charge in [-0.3, -0.25) is 0 Å². The van der Waals surface area contributed by atoms with E-state index in [-0.39, 0.29) is 0 Å². The fraction of sp³-hybridized carbons (Fsp3) is 0.636. The Morgan fingerprint density at radius 3 is 2.00 bits per heavy atom. The maximum Gasteiger partial charge on any atom is -0.000473 e. The lowest BCUT2D eigenvalue weighted by Crippen LogP contribution is -1.76. The van der Waals surface area contributed by atoms with E-state index >= 15 is 0 Å². The molecule has 0 bridgehead atoms. The van der Waals surface area contributed by atoms with Crippen molar-refractivity contribution in [1.29, 1.82) is 0 Å². The second kappa shape index (κ2) is 12.4. The molecule has 1 aromatic rings. The Kier molecular flexibility index (Phi) is 12.8. The van der Waals surface area contributed by atoms with Gasteiger partial charge in [-0.1, -0.05) is 67.3 Å². The van der Waals surface area contributed by atoms with Crippen LogP contribution in [-0.4, -0.2) is 4.43 Å². The van der Waals surface area contributed by atoms with Gasteiger partial charge in [0.1, 0.15) is 0 Å². The summed E-state index contributed by atoms with van der Waals surface area (Å²) in [5, 5.41) is 4.08. The lowest BCUT2D eigenvalue weighted by molar-refractivity contribution is 0.662. The summed E-state index contributed by atoms with van der Waals surface area (Å²) in [7, 11) is 0. The Bertz CT molecular complexity index is 126. The number of hydrogen-bond acceptors (Lipinski definition) is 1. The van der Waals surface area contributed by atoms with Gasteiger partial charge < -0.3 is 0 Å². The van der Waals surface area contributed by atoms with Gasteiger partial charge in [0.2, 0.25) is 0 Å². The first-order chi connectivity index (χ1) is 6.41. The molecule has 0 fully saturated rings. The quantitative estimate of drug-likeness (QED) is 0.401. The van der Waals surface area contributed by atoms with Crippen LogP contribution in [0.1, 0.15) is 39.0 Å². The molecule has 2 heteroatoms. The molecule has 0 aromatic carbocycles. The summed E-state index contributed by atoms with van der Waals surface area (Å²) in [5.74, 6) is 0. The van der Waals surface area contributed by atoms with E-state index in [9.17, 15) is 0 Å². The molecule has 0 amide bonds. The normalized spacial score (nSPS) is 9.08. The summed E-state index contributed by atoms with van der Waals surface area (Å²) in [6.45, 7) is 2.25. The Morgan fingerprint density at radius 1 is 1.00 bits per heavy atom. The third-order valence-electron chi connectivity index (χ3n) is 1.66. The molecule has 0 aliphatic heterocycles. The van der Waals surface area contributed by atoms with Crippen molar-refractivity contribution in [3.05, 3.63) is 22.9 Å². The van der Waals surface area contributed by atoms with Crippen molar-refractivity contribution in [1.82, 2.24) is 0 Å². The molecular weight excluding hydrogens is 291 g/mol. The molecular formula is C11H19IS. The minimum Gasteiger partial charge on any atom is -0.152 e. The summed E-state index contributed by atoms with van der Waals surface area (Å²) < 4.78 is 1.33. The van der Waals surface area contributed by atoms with Gasteiger partial charge in [0.15, 0.2) is 0 Å². The van der Waals surface area contributed by atoms with Crippen LogP contribution in [0.15, 0.2) is 22.9 Å². The monoisotopic (exact) mass is 310 g/mol. The molecule has 0 atom stereocenters. The Morgan fingerprint density at radius 2 is 1.62 bits per heavy atom. The second-order valence-electron chi connectivity index (χ2n) is 2.90. The van der Waals surface area contributed by atoms with E-state index in [1.165, 1.54) is 36.5 Å². The highest BCUT2D eigenvalue weighted by Gasteiger charge is 1.84. The molecule has 1 aromatic heterocycles. The van der Waals surface area contributed by atoms with E-state index in [0.29, 0.717) is 0 Å². The second-order valence-corrected chi connectivity index (χ2v) is 4.79. The molecule has 0 nitrogen and oxygen atoms in total. The van der Waals surface area contributed by atoms with E-state index in [1.807, 2.05) is 22.9 Å². The molecule has 0 unspecified atom stereocenters. The average Bonchev–Trinajstić information content (AvgIpc) is 2.70. The molecule has 0 saturated carbocycles. The van der Waals surface area contributed by atoms with E-state index in [1.54, 1.807) is 11.3 Å². The lowest BCUT2D eigenvalue weighted by Gasteiger charge is -1.93. The number of unbranched alkanes of at least 4 members (excludes halogenated alkanes) is 4. The smallest absolute Gasteiger partial charge is 0.000473 e. The zero-order valence-electron chi connectivity index (χ0n) is 8.34. The van der Waals surface area contributed by atoms with Gasteiger partial charge in [0, 0.05) is 0 Å².